The molecular weight excluding hydrogens is 240 g/mol. The van der Waals surface area contributed by atoms with E-state index in [1.54, 1.807) is 4.68 Å². The number of nitrogens with one attached hydrogen (secondary N) is 1. The maximum absolute atomic E-state index is 11.5. The van der Waals surface area contributed by atoms with Gasteiger partial charge in [-0.25, -0.2) is 13.4 Å². The van der Waals surface area contributed by atoms with Crippen LogP contribution in [0.4, 0.5) is 0 Å². The molecular formula is C10H18N4O2S. The highest BCUT2D eigenvalue weighted by Crippen LogP contribution is 2.23. The lowest BCUT2D eigenvalue weighted by Crippen LogP contribution is -2.37. The van der Waals surface area contributed by atoms with Crippen LogP contribution in [0.15, 0.2) is 6.33 Å². The Kier molecular flexibility index (Phi) is 3.48. The summed E-state index contributed by atoms with van der Waals surface area (Å²) in [5.74, 6) is 1.67. The molecule has 1 aromatic rings. The number of likely N-dealkylation sites (N-methyl/N-ethyl adjacent to an activating group) is 1. The minimum atomic E-state index is -2.82. The Morgan fingerprint density at radius 3 is 2.88 bits per heavy atom. The maximum Gasteiger partial charge on any atom is 0.150 e. The molecule has 6 nitrogen and oxygen atoms in total. The third-order valence-corrected chi connectivity index (χ3v) is 5.21. The fourth-order valence-electron chi connectivity index (χ4n) is 2.35. The molecule has 0 aromatic carbocycles. The summed E-state index contributed by atoms with van der Waals surface area (Å²) in [5, 5.41) is 7.22. The molecule has 2 rings (SSSR count). The van der Waals surface area contributed by atoms with E-state index in [1.165, 1.54) is 6.33 Å². The lowest BCUT2D eigenvalue weighted by Gasteiger charge is -2.21. The molecule has 17 heavy (non-hydrogen) atoms. The average molecular weight is 258 g/mol. The zero-order valence-electron chi connectivity index (χ0n) is 10.1. The highest BCUT2D eigenvalue weighted by molar-refractivity contribution is 7.91. The summed E-state index contributed by atoms with van der Waals surface area (Å²) in [7, 11) is 0.892. The van der Waals surface area contributed by atoms with Crippen molar-refractivity contribution in [3.05, 3.63) is 12.2 Å². The van der Waals surface area contributed by atoms with E-state index in [4.69, 9.17) is 0 Å². The summed E-state index contributed by atoms with van der Waals surface area (Å²) < 4.78 is 24.7. The summed E-state index contributed by atoms with van der Waals surface area (Å²) >= 11 is 0. The van der Waals surface area contributed by atoms with Gasteiger partial charge in [0.15, 0.2) is 9.84 Å². The number of nitrogens with zero attached hydrogens (tertiary/aromatic N) is 3. The molecule has 1 aromatic heterocycles. The molecule has 2 unspecified atom stereocenters. The first-order valence-electron chi connectivity index (χ1n) is 5.72. The van der Waals surface area contributed by atoms with Crippen LogP contribution in [-0.4, -0.2) is 47.8 Å². The van der Waals surface area contributed by atoms with Crippen molar-refractivity contribution >= 4 is 9.84 Å². The minimum Gasteiger partial charge on any atom is -0.316 e. The maximum atomic E-state index is 11.5. The molecule has 0 amide bonds. The van der Waals surface area contributed by atoms with E-state index in [0.717, 1.165) is 12.2 Å². The van der Waals surface area contributed by atoms with Gasteiger partial charge in [-0.1, -0.05) is 0 Å². The molecule has 1 N–H and O–H groups in total. The van der Waals surface area contributed by atoms with Gasteiger partial charge >= 0.3 is 0 Å². The molecule has 2 heterocycles. The topological polar surface area (TPSA) is 76.9 Å². The predicted molar refractivity (Wildman–Crippen MR) is 64.3 cm³/mol. The Morgan fingerprint density at radius 2 is 2.41 bits per heavy atom. The van der Waals surface area contributed by atoms with Crippen LogP contribution in [0.25, 0.3) is 0 Å². The second-order valence-corrected chi connectivity index (χ2v) is 6.79. The van der Waals surface area contributed by atoms with Crippen molar-refractivity contribution in [3.8, 4) is 0 Å². The van der Waals surface area contributed by atoms with E-state index in [9.17, 15) is 8.42 Å². The smallest absolute Gasteiger partial charge is 0.150 e. The first-order chi connectivity index (χ1) is 8.02. The van der Waals surface area contributed by atoms with E-state index in [2.05, 4.69) is 15.4 Å². The summed E-state index contributed by atoms with van der Waals surface area (Å²) in [4.78, 5) is 4.17. The van der Waals surface area contributed by atoms with Crippen molar-refractivity contribution in [2.45, 2.75) is 18.9 Å². The second-order valence-electron chi connectivity index (χ2n) is 4.56. The molecule has 1 fully saturated rings. The van der Waals surface area contributed by atoms with Crippen molar-refractivity contribution in [2.75, 3.05) is 18.6 Å². The predicted octanol–water partition coefficient (Wildman–Crippen LogP) is -0.620. The monoisotopic (exact) mass is 258 g/mol. The van der Waals surface area contributed by atoms with Gasteiger partial charge in [-0.15, -0.1) is 0 Å². The van der Waals surface area contributed by atoms with Gasteiger partial charge in [0, 0.05) is 19.5 Å². The summed E-state index contributed by atoms with van der Waals surface area (Å²) in [6.45, 7) is 0. The fraction of sp³-hybridized carbons (Fsp3) is 0.800. The molecule has 2 atom stereocenters. The van der Waals surface area contributed by atoms with Gasteiger partial charge in [0.25, 0.3) is 0 Å². The SMILES string of the molecule is CNC(Cc1ncnn1C)C1CCS(=O)(=O)C1. The van der Waals surface area contributed by atoms with Crippen molar-refractivity contribution < 1.29 is 8.42 Å². The van der Waals surface area contributed by atoms with Crippen LogP contribution in [0.5, 0.6) is 0 Å². The lowest BCUT2D eigenvalue weighted by atomic mass is 9.96. The van der Waals surface area contributed by atoms with Crippen molar-refractivity contribution in [1.29, 1.82) is 0 Å². The number of aryl methyl sites for hydroxylation is 1. The van der Waals surface area contributed by atoms with Gasteiger partial charge in [-0.3, -0.25) is 4.68 Å². The Bertz CT molecular complexity index is 482. The number of hydrogen-bond acceptors (Lipinski definition) is 5. The van der Waals surface area contributed by atoms with Crippen LogP contribution in [0, 0.1) is 5.92 Å². The van der Waals surface area contributed by atoms with Gasteiger partial charge in [0.1, 0.15) is 12.2 Å². The Hall–Kier alpha value is -0.950. The van der Waals surface area contributed by atoms with Crippen molar-refractivity contribution in [1.82, 2.24) is 20.1 Å². The normalized spacial score (nSPS) is 24.9. The van der Waals surface area contributed by atoms with Crippen LogP contribution >= 0.6 is 0 Å². The van der Waals surface area contributed by atoms with E-state index in [-0.39, 0.29) is 17.7 Å². The largest absolute Gasteiger partial charge is 0.316 e. The molecule has 0 spiro atoms. The summed E-state index contributed by atoms with van der Waals surface area (Å²) in [5.41, 5.74) is 0. The number of aromatic nitrogens is 3. The summed E-state index contributed by atoms with van der Waals surface area (Å²) in [6, 6.07) is 0.148. The Morgan fingerprint density at radius 1 is 1.65 bits per heavy atom. The van der Waals surface area contributed by atoms with E-state index >= 15 is 0 Å². The molecule has 7 heteroatoms. The minimum absolute atomic E-state index is 0.148. The standard InChI is InChI=1S/C10H18N4O2S/c1-11-9(5-10-12-7-13-14(10)2)8-3-4-17(15,16)6-8/h7-9,11H,3-6H2,1-2H3. The molecule has 1 saturated heterocycles. The fourth-order valence-corrected chi connectivity index (χ4v) is 4.23. The highest BCUT2D eigenvalue weighted by atomic mass is 32.2. The molecule has 0 radical (unpaired) electrons. The van der Waals surface area contributed by atoms with Gasteiger partial charge in [-0.2, -0.15) is 5.10 Å². The van der Waals surface area contributed by atoms with Crippen LogP contribution < -0.4 is 5.32 Å². The number of sulfone groups is 1. The van der Waals surface area contributed by atoms with E-state index in [1.807, 2.05) is 14.1 Å². The third-order valence-electron chi connectivity index (χ3n) is 3.42. The summed E-state index contributed by atoms with van der Waals surface area (Å²) in [6.07, 6.45) is 2.98. The Labute approximate surface area is 101 Å². The van der Waals surface area contributed by atoms with Crippen molar-refractivity contribution in [2.24, 2.45) is 13.0 Å². The zero-order chi connectivity index (χ0) is 12.5. The van der Waals surface area contributed by atoms with E-state index < -0.39 is 9.84 Å². The highest BCUT2D eigenvalue weighted by Gasteiger charge is 2.33. The number of rotatable bonds is 4. The van der Waals surface area contributed by atoms with Gasteiger partial charge in [-0.05, 0) is 19.4 Å². The molecule has 1 aliphatic rings. The zero-order valence-corrected chi connectivity index (χ0v) is 10.9. The Balaban J connectivity index is 2.05. The molecule has 96 valence electrons. The van der Waals surface area contributed by atoms with Crippen LogP contribution in [0.1, 0.15) is 12.2 Å². The molecule has 0 bridgehead atoms. The average Bonchev–Trinajstić information content (AvgIpc) is 2.82. The lowest BCUT2D eigenvalue weighted by molar-refractivity contribution is 0.392. The van der Waals surface area contributed by atoms with E-state index in [0.29, 0.717) is 12.2 Å². The molecule has 0 aliphatic carbocycles. The van der Waals surface area contributed by atoms with Crippen LogP contribution in [-0.2, 0) is 23.3 Å². The number of hydrogen-bond donors (Lipinski definition) is 1. The first-order valence-corrected chi connectivity index (χ1v) is 7.54. The third kappa shape index (κ3) is 2.84. The van der Waals surface area contributed by atoms with Gasteiger partial charge in [0.05, 0.1) is 11.5 Å². The first kappa shape index (κ1) is 12.5. The van der Waals surface area contributed by atoms with Gasteiger partial charge < -0.3 is 5.32 Å². The van der Waals surface area contributed by atoms with Crippen LogP contribution in [0.3, 0.4) is 0 Å². The van der Waals surface area contributed by atoms with Crippen LogP contribution in [0.2, 0.25) is 0 Å². The quantitative estimate of drug-likeness (QED) is 0.779. The second kappa shape index (κ2) is 4.73. The molecule has 1 aliphatic heterocycles. The molecule has 0 saturated carbocycles. The van der Waals surface area contributed by atoms with Crippen molar-refractivity contribution in [3.63, 3.8) is 0 Å². The van der Waals surface area contributed by atoms with Gasteiger partial charge in [0.2, 0.25) is 0 Å².